The minimum atomic E-state index is -0.158. The molecule has 3 rings (SSSR count). The first kappa shape index (κ1) is 17.8. The molecule has 1 aliphatic rings. The van der Waals surface area contributed by atoms with Crippen LogP contribution in [0.4, 0.5) is 0 Å². The van der Waals surface area contributed by atoms with Gasteiger partial charge in [0.15, 0.2) is 0 Å². The van der Waals surface area contributed by atoms with E-state index < -0.39 is 0 Å². The molecule has 0 spiro atoms. The van der Waals surface area contributed by atoms with E-state index in [0.29, 0.717) is 43.2 Å². The van der Waals surface area contributed by atoms with E-state index in [4.69, 9.17) is 4.74 Å². The SMILES string of the molecule is COc1cc(C)cc(C)c1C(=O)N1CCN(C(=O)c2cnccn2)CC1. The Bertz CT molecular complexity index is 815. The smallest absolute Gasteiger partial charge is 0.274 e. The van der Waals surface area contributed by atoms with Crippen LogP contribution < -0.4 is 4.74 Å². The third-order valence-corrected chi connectivity index (χ3v) is 4.51. The molecular weight excluding hydrogens is 332 g/mol. The normalized spacial score (nSPS) is 14.3. The molecule has 0 aliphatic carbocycles. The van der Waals surface area contributed by atoms with Crippen molar-refractivity contribution in [2.75, 3.05) is 33.3 Å². The van der Waals surface area contributed by atoms with Gasteiger partial charge in [-0.15, -0.1) is 0 Å². The largest absolute Gasteiger partial charge is 0.496 e. The number of rotatable bonds is 3. The Morgan fingerprint density at radius 3 is 2.23 bits per heavy atom. The number of methoxy groups -OCH3 is 1. The van der Waals surface area contributed by atoms with Gasteiger partial charge in [0.05, 0.1) is 18.9 Å². The Balaban J connectivity index is 1.71. The third-order valence-electron chi connectivity index (χ3n) is 4.51. The fourth-order valence-electron chi connectivity index (χ4n) is 3.21. The van der Waals surface area contributed by atoms with Crippen LogP contribution in [-0.4, -0.2) is 64.9 Å². The topological polar surface area (TPSA) is 75.6 Å². The van der Waals surface area contributed by atoms with Gasteiger partial charge in [0.25, 0.3) is 11.8 Å². The number of aromatic nitrogens is 2. The Morgan fingerprint density at radius 1 is 1.00 bits per heavy atom. The highest BCUT2D eigenvalue weighted by Gasteiger charge is 2.28. The third kappa shape index (κ3) is 3.51. The highest BCUT2D eigenvalue weighted by Crippen LogP contribution is 2.26. The maximum Gasteiger partial charge on any atom is 0.274 e. The van der Waals surface area contributed by atoms with Gasteiger partial charge in [0.1, 0.15) is 11.4 Å². The monoisotopic (exact) mass is 354 g/mol. The van der Waals surface area contributed by atoms with Crippen LogP contribution in [0.5, 0.6) is 5.75 Å². The van der Waals surface area contributed by atoms with Crippen molar-refractivity contribution in [1.82, 2.24) is 19.8 Å². The number of nitrogens with zero attached hydrogens (tertiary/aromatic N) is 4. The molecular formula is C19H22N4O3. The molecule has 1 saturated heterocycles. The molecule has 26 heavy (non-hydrogen) atoms. The van der Waals surface area contributed by atoms with Gasteiger partial charge in [0.2, 0.25) is 0 Å². The summed E-state index contributed by atoms with van der Waals surface area (Å²) < 4.78 is 5.41. The summed E-state index contributed by atoms with van der Waals surface area (Å²) in [5.41, 5.74) is 2.86. The summed E-state index contributed by atoms with van der Waals surface area (Å²) in [7, 11) is 1.57. The van der Waals surface area contributed by atoms with Crippen molar-refractivity contribution in [1.29, 1.82) is 0 Å². The molecule has 136 valence electrons. The van der Waals surface area contributed by atoms with Gasteiger partial charge in [-0.1, -0.05) is 6.07 Å². The Kier molecular flexibility index (Phi) is 5.16. The summed E-state index contributed by atoms with van der Waals surface area (Å²) in [4.78, 5) is 36.9. The average Bonchev–Trinajstić information content (AvgIpc) is 2.67. The molecule has 7 heteroatoms. The summed E-state index contributed by atoms with van der Waals surface area (Å²) in [6, 6.07) is 3.84. The predicted octanol–water partition coefficient (Wildman–Crippen LogP) is 1.70. The maximum atomic E-state index is 13.0. The fraction of sp³-hybridized carbons (Fsp3) is 0.368. The number of amides is 2. The molecule has 1 fully saturated rings. The van der Waals surface area contributed by atoms with Crippen LogP contribution in [-0.2, 0) is 0 Å². The van der Waals surface area contributed by atoms with E-state index in [0.717, 1.165) is 11.1 Å². The number of carbonyl (C=O) groups is 2. The van der Waals surface area contributed by atoms with Gasteiger partial charge in [-0.25, -0.2) is 4.98 Å². The maximum absolute atomic E-state index is 13.0. The lowest BCUT2D eigenvalue weighted by molar-refractivity contribution is 0.0529. The Morgan fingerprint density at radius 2 is 1.65 bits per heavy atom. The van der Waals surface area contributed by atoms with E-state index in [1.807, 2.05) is 26.0 Å². The second-order valence-corrected chi connectivity index (χ2v) is 6.33. The lowest BCUT2D eigenvalue weighted by atomic mass is 10.0. The highest BCUT2D eigenvalue weighted by atomic mass is 16.5. The van der Waals surface area contributed by atoms with E-state index in [2.05, 4.69) is 9.97 Å². The molecule has 2 amide bonds. The predicted molar refractivity (Wildman–Crippen MR) is 96.3 cm³/mol. The van der Waals surface area contributed by atoms with Crippen LogP contribution in [0.25, 0.3) is 0 Å². The van der Waals surface area contributed by atoms with Crippen molar-refractivity contribution in [2.24, 2.45) is 0 Å². The first-order valence-electron chi connectivity index (χ1n) is 8.51. The van der Waals surface area contributed by atoms with E-state index >= 15 is 0 Å². The number of carbonyl (C=O) groups excluding carboxylic acids is 2. The molecule has 2 heterocycles. The summed E-state index contributed by atoms with van der Waals surface area (Å²) in [6.07, 6.45) is 4.49. The molecule has 2 aromatic rings. The van der Waals surface area contributed by atoms with Crippen LogP contribution >= 0.6 is 0 Å². The lowest BCUT2D eigenvalue weighted by Gasteiger charge is -2.35. The van der Waals surface area contributed by atoms with E-state index in [-0.39, 0.29) is 11.8 Å². The Hall–Kier alpha value is -2.96. The van der Waals surface area contributed by atoms with E-state index in [9.17, 15) is 9.59 Å². The van der Waals surface area contributed by atoms with Crippen LogP contribution in [0, 0.1) is 13.8 Å². The molecule has 1 aromatic heterocycles. The molecule has 0 N–H and O–H groups in total. The van der Waals surface area contributed by atoms with Crippen molar-refractivity contribution >= 4 is 11.8 Å². The second-order valence-electron chi connectivity index (χ2n) is 6.33. The number of hydrogen-bond donors (Lipinski definition) is 0. The standard InChI is InChI=1S/C19H22N4O3/c1-13-10-14(2)17(16(11-13)26-3)19(25)23-8-6-22(7-9-23)18(24)15-12-20-4-5-21-15/h4-5,10-12H,6-9H2,1-3H3. The van der Waals surface area contributed by atoms with Crippen LogP contribution in [0.1, 0.15) is 32.0 Å². The summed E-state index contributed by atoms with van der Waals surface area (Å²) >= 11 is 0. The zero-order chi connectivity index (χ0) is 18.7. The average molecular weight is 354 g/mol. The van der Waals surface area contributed by atoms with E-state index in [1.54, 1.807) is 16.9 Å². The summed E-state index contributed by atoms with van der Waals surface area (Å²) in [6.45, 7) is 5.77. The van der Waals surface area contributed by atoms with Gasteiger partial charge in [-0.05, 0) is 31.0 Å². The zero-order valence-electron chi connectivity index (χ0n) is 15.2. The van der Waals surface area contributed by atoms with Crippen molar-refractivity contribution in [3.8, 4) is 5.75 Å². The van der Waals surface area contributed by atoms with E-state index in [1.165, 1.54) is 18.6 Å². The molecule has 7 nitrogen and oxygen atoms in total. The van der Waals surface area contributed by atoms with Gasteiger partial charge in [-0.3, -0.25) is 14.6 Å². The molecule has 0 radical (unpaired) electrons. The summed E-state index contributed by atoms with van der Waals surface area (Å²) in [5, 5.41) is 0. The number of ether oxygens (including phenoxy) is 1. The molecule has 1 aromatic carbocycles. The lowest BCUT2D eigenvalue weighted by Crippen LogP contribution is -2.50. The molecule has 1 aliphatic heterocycles. The number of benzene rings is 1. The number of hydrogen-bond acceptors (Lipinski definition) is 5. The number of aryl methyl sites for hydroxylation is 2. The van der Waals surface area contributed by atoms with Gasteiger partial charge < -0.3 is 14.5 Å². The van der Waals surface area contributed by atoms with Gasteiger partial charge in [-0.2, -0.15) is 0 Å². The second kappa shape index (κ2) is 7.51. The molecule has 0 saturated carbocycles. The van der Waals surface area contributed by atoms with Crippen molar-refractivity contribution in [2.45, 2.75) is 13.8 Å². The minimum Gasteiger partial charge on any atom is -0.496 e. The minimum absolute atomic E-state index is 0.0639. The van der Waals surface area contributed by atoms with Crippen LogP contribution in [0.2, 0.25) is 0 Å². The first-order valence-corrected chi connectivity index (χ1v) is 8.51. The zero-order valence-corrected chi connectivity index (χ0v) is 15.2. The Labute approximate surface area is 152 Å². The number of piperazine rings is 1. The quantitative estimate of drug-likeness (QED) is 0.839. The van der Waals surface area contributed by atoms with Crippen LogP contribution in [0.15, 0.2) is 30.7 Å². The van der Waals surface area contributed by atoms with Crippen molar-refractivity contribution in [3.05, 3.63) is 53.1 Å². The fourth-order valence-corrected chi connectivity index (χ4v) is 3.21. The molecule has 0 atom stereocenters. The first-order chi connectivity index (χ1) is 12.5. The highest BCUT2D eigenvalue weighted by molar-refractivity contribution is 5.99. The van der Waals surface area contributed by atoms with Gasteiger partial charge in [0, 0.05) is 38.6 Å². The molecule has 0 bridgehead atoms. The van der Waals surface area contributed by atoms with Gasteiger partial charge >= 0.3 is 0 Å². The van der Waals surface area contributed by atoms with Crippen molar-refractivity contribution in [3.63, 3.8) is 0 Å². The molecule has 0 unspecified atom stereocenters. The van der Waals surface area contributed by atoms with Crippen molar-refractivity contribution < 1.29 is 14.3 Å². The van der Waals surface area contributed by atoms with Crippen LogP contribution in [0.3, 0.4) is 0 Å². The summed E-state index contributed by atoms with van der Waals surface area (Å²) in [5.74, 6) is 0.366.